The van der Waals surface area contributed by atoms with Crippen LogP contribution in [-0.4, -0.2) is 27.0 Å². The summed E-state index contributed by atoms with van der Waals surface area (Å²) < 4.78 is 45.1. The number of ether oxygens (including phenoxy) is 1. The summed E-state index contributed by atoms with van der Waals surface area (Å²) in [7, 11) is 0. The molecule has 28 heavy (non-hydrogen) atoms. The third kappa shape index (κ3) is 4.30. The molecule has 0 aliphatic carbocycles. The van der Waals surface area contributed by atoms with Gasteiger partial charge in [-0.05, 0) is 37.6 Å². The third-order valence-electron chi connectivity index (χ3n) is 3.77. The Bertz CT molecular complexity index is 1060. The normalized spacial score (nSPS) is 12.2. The second kappa shape index (κ2) is 7.34. The summed E-state index contributed by atoms with van der Waals surface area (Å²) in [5.41, 5.74) is 5.92. The number of pyridine rings is 2. The number of rotatable bonds is 5. The summed E-state index contributed by atoms with van der Waals surface area (Å²) in [5, 5.41) is 0.631. The molecule has 3 heterocycles. The van der Waals surface area contributed by atoms with E-state index in [1.807, 2.05) is 0 Å². The maximum atomic E-state index is 13.3. The zero-order valence-electron chi connectivity index (χ0n) is 15.0. The lowest BCUT2D eigenvalue weighted by molar-refractivity contribution is -0.141. The standard InChI is InChI=1S/C19H17F3N4O2/c1-10(2)28-17-7-12(6-15(26-17)19(20,21)22)13-5-14-11(3-4-16(23)27)8-24-18(14)25-9-13/h3-10H,1-2H3,(H2,23,27)(H,24,25). The smallest absolute Gasteiger partial charge is 0.433 e. The molecule has 6 nitrogen and oxygen atoms in total. The molecule has 0 unspecified atom stereocenters. The highest BCUT2D eigenvalue weighted by Crippen LogP contribution is 2.34. The molecule has 0 radical (unpaired) electrons. The van der Waals surface area contributed by atoms with Crippen molar-refractivity contribution in [2.24, 2.45) is 5.73 Å². The van der Waals surface area contributed by atoms with Gasteiger partial charge >= 0.3 is 6.18 Å². The molecule has 3 aromatic heterocycles. The Kier molecular flexibility index (Phi) is 5.08. The highest BCUT2D eigenvalue weighted by molar-refractivity contribution is 5.95. The van der Waals surface area contributed by atoms with Crippen LogP contribution in [-0.2, 0) is 11.0 Å². The number of fused-ring (bicyclic) bond motifs is 1. The van der Waals surface area contributed by atoms with Crippen LogP contribution < -0.4 is 10.5 Å². The summed E-state index contributed by atoms with van der Waals surface area (Å²) in [6.07, 6.45) is 0.828. The Morgan fingerprint density at radius 3 is 2.64 bits per heavy atom. The summed E-state index contributed by atoms with van der Waals surface area (Å²) in [6.45, 7) is 3.40. The number of aromatic amines is 1. The number of alkyl halides is 3. The Morgan fingerprint density at radius 2 is 2.00 bits per heavy atom. The van der Waals surface area contributed by atoms with E-state index in [-0.39, 0.29) is 17.5 Å². The summed E-state index contributed by atoms with van der Waals surface area (Å²) in [4.78, 5) is 21.7. The van der Waals surface area contributed by atoms with Gasteiger partial charge in [0.2, 0.25) is 11.8 Å². The first kappa shape index (κ1) is 19.4. The van der Waals surface area contributed by atoms with Crippen molar-refractivity contribution >= 4 is 23.0 Å². The van der Waals surface area contributed by atoms with Crippen LogP contribution in [0.1, 0.15) is 25.1 Å². The van der Waals surface area contributed by atoms with Crippen LogP contribution in [0.3, 0.4) is 0 Å². The van der Waals surface area contributed by atoms with E-state index >= 15 is 0 Å². The topological polar surface area (TPSA) is 93.9 Å². The van der Waals surface area contributed by atoms with E-state index in [4.69, 9.17) is 10.5 Å². The fraction of sp³-hybridized carbons (Fsp3) is 0.211. The van der Waals surface area contributed by atoms with Gasteiger partial charge in [-0.1, -0.05) is 0 Å². The van der Waals surface area contributed by atoms with Crippen molar-refractivity contribution in [3.63, 3.8) is 0 Å². The Hall–Kier alpha value is -3.36. The van der Waals surface area contributed by atoms with Crippen molar-refractivity contribution in [3.8, 4) is 17.0 Å². The number of nitrogens with two attached hydrogens (primary N) is 1. The van der Waals surface area contributed by atoms with Crippen LogP contribution >= 0.6 is 0 Å². The quantitative estimate of drug-likeness (QED) is 0.646. The number of carbonyl (C=O) groups is 1. The van der Waals surface area contributed by atoms with Crippen molar-refractivity contribution < 1.29 is 22.7 Å². The van der Waals surface area contributed by atoms with Gasteiger partial charge in [-0.3, -0.25) is 4.79 Å². The second-order valence-electron chi connectivity index (χ2n) is 6.34. The van der Waals surface area contributed by atoms with E-state index in [2.05, 4.69) is 15.0 Å². The van der Waals surface area contributed by atoms with Gasteiger partial charge in [-0.2, -0.15) is 13.2 Å². The van der Waals surface area contributed by atoms with Crippen molar-refractivity contribution in [1.29, 1.82) is 0 Å². The molecule has 0 aromatic carbocycles. The minimum Gasteiger partial charge on any atom is -0.475 e. The molecule has 0 bridgehead atoms. The van der Waals surface area contributed by atoms with Crippen molar-refractivity contribution in [2.45, 2.75) is 26.1 Å². The predicted octanol–water partition coefficient (Wildman–Crippen LogP) is 3.93. The molecule has 0 aliphatic heterocycles. The number of hydrogen-bond acceptors (Lipinski definition) is 4. The number of nitrogens with zero attached hydrogens (tertiary/aromatic N) is 2. The molecule has 0 spiro atoms. The van der Waals surface area contributed by atoms with Crippen molar-refractivity contribution in [1.82, 2.24) is 15.0 Å². The summed E-state index contributed by atoms with van der Waals surface area (Å²) in [5.74, 6) is -0.735. The lowest BCUT2D eigenvalue weighted by Crippen LogP contribution is -2.12. The molecule has 9 heteroatoms. The molecule has 1 amide bonds. The number of H-pyrrole nitrogens is 1. The number of primary amides is 1. The lowest BCUT2D eigenvalue weighted by atomic mass is 10.1. The highest BCUT2D eigenvalue weighted by atomic mass is 19.4. The summed E-state index contributed by atoms with van der Waals surface area (Å²) in [6, 6.07) is 4.05. The molecule has 0 saturated heterocycles. The molecule has 146 valence electrons. The molecular weight excluding hydrogens is 373 g/mol. The first-order valence-electron chi connectivity index (χ1n) is 8.34. The SMILES string of the molecule is CC(C)Oc1cc(-c2cnc3[nH]cc(C=CC(N)=O)c3c2)cc(C(F)(F)F)n1. The number of amides is 1. The fourth-order valence-electron chi connectivity index (χ4n) is 2.61. The highest BCUT2D eigenvalue weighted by Gasteiger charge is 2.33. The maximum Gasteiger partial charge on any atom is 0.433 e. The van der Waals surface area contributed by atoms with E-state index in [9.17, 15) is 18.0 Å². The van der Waals surface area contributed by atoms with Gasteiger partial charge < -0.3 is 15.5 Å². The van der Waals surface area contributed by atoms with Crippen LogP contribution in [0.15, 0.2) is 36.7 Å². The molecule has 0 aliphatic rings. The van der Waals surface area contributed by atoms with Gasteiger partial charge in [0.1, 0.15) is 11.3 Å². The van der Waals surface area contributed by atoms with Gasteiger partial charge in [-0.15, -0.1) is 0 Å². The predicted molar refractivity (Wildman–Crippen MR) is 98.3 cm³/mol. The molecular formula is C19H17F3N4O2. The molecule has 0 fully saturated rings. The Balaban J connectivity index is 2.12. The molecule has 0 saturated carbocycles. The van der Waals surface area contributed by atoms with E-state index in [1.165, 1.54) is 24.4 Å². The maximum absolute atomic E-state index is 13.3. The zero-order chi connectivity index (χ0) is 20.5. The first-order valence-corrected chi connectivity index (χ1v) is 8.34. The van der Waals surface area contributed by atoms with Crippen molar-refractivity contribution in [2.75, 3.05) is 0 Å². The zero-order valence-corrected chi connectivity index (χ0v) is 15.0. The average Bonchev–Trinajstić information content (AvgIpc) is 3.00. The molecule has 0 atom stereocenters. The minimum atomic E-state index is -4.62. The van der Waals surface area contributed by atoms with Gasteiger partial charge in [0, 0.05) is 41.0 Å². The third-order valence-corrected chi connectivity index (χ3v) is 3.77. The minimum absolute atomic E-state index is 0.122. The van der Waals surface area contributed by atoms with Crippen LogP contribution in [0.5, 0.6) is 5.88 Å². The Morgan fingerprint density at radius 1 is 1.25 bits per heavy atom. The van der Waals surface area contributed by atoms with E-state index < -0.39 is 17.8 Å². The van der Waals surface area contributed by atoms with E-state index in [0.717, 1.165) is 6.07 Å². The number of carbonyl (C=O) groups excluding carboxylic acids is 1. The number of aromatic nitrogens is 3. The van der Waals surface area contributed by atoms with Gasteiger partial charge in [0.25, 0.3) is 0 Å². The first-order chi connectivity index (χ1) is 13.1. The second-order valence-corrected chi connectivity index (χ2v) is 6.34. The summed E-state index contributed by atoms with van der Waals surface area (Å²) >= 11 is 0. The van der Waals surface area contributed by atoms with Crippen LogP contribution in [0.4, 0.5) is 13.2 Å². The number of halogens is 3. The number of nitrogens with one attached hydrogen (secondary N) is 1. The largest absolute Gasteiger partial charge is 0.475 e. The van der Waals surface area contributed by atoms with Gasteiger partial charge in [0.15, 0.2) is 0 Å². The van der Waals surface area contributed by atoms with E-state index in [1.54, 1.807) is 26.1 Å². The molecule has 3 aromatic rings. The van der Waals surface area contributed by atoms with Gasteiger partial charge in [0.05, 0.1) is 6.10 Å². The molecule has 3 N–H and O–H groups in total. The Labute approximate surface area is 158 Å². The van der Waals surface area contributed by atoms with Crippen LogP contribution in [0, 0.1) is 0 Å². The molecule has 3 rings (SSSR count). The fourth-order valence-corrected chi connectivity index (χ4v) is 2.61. The monoisotopic (exact) mass is 390 g/mol. The lowest BCUT2D eigenvalue weighted by Gasteiger charge is -2.14. The average molecular weight is 390 g/mol. The van der Waals surface area contributed by atoms with Crippen LogP contribution in [0.25, 0.3) is 28.2 Å². The van der Waals surface area contributed by atoms with E-state index in [0.29, 0.717) is 22.2 Å². The van der Waals surface area contributed by atoms with Crippen molar-refractivity contribution in [3.05, 3.63) is 47.9 Å². The van der Waals surface area contributed by atoms with Crippen LogP contribution in [0.2, 0.25) is 0 Å². The van der Waals surface area contributed by atoms with Gasteiger partial charge in [-0.25, -0.2) is 9.97 Å². The number of hydrogen-bond donors (Lipinski definition) is 2.